The van der Waals surface area contributed by atoms with Gasteiger partial charge in [0, 0.05) is 18.0 Å². The second-order valence-corrected chi connectivity index (χ2v) is 5.40. The van der Waals surface area contributed by atoms with Gasteiger partial charge in [-0.15, -0.1) is 0 Å². The summed E-state index contributed by atoms with van der Waals surface area (Å²) in [7, 11) is 1.70. The van der Waals surface area contributed by atoms with E-state index in [1.807, 2.05) is 18.2 Å². The molecule has 0 bridgehead atoms. The number of ether oxygens (including phenoxy) is 2. The molecule has 0 spiro atoms. The highest BCUT2D eigenvalue weighted by Gasteiger charge is 2.26. The van der Waals surface area contributed by atoms with Crippen molar-refractivity contribution in [2.75, 3.05) is 26.8 Å². The van der Waals surface area contributed by atoms with Crippen molar-refractivity contribution in [1.82, 2.24) is 4.90 Å². The van der Waals surface area contributed by atoms with Crippen LogP contribution in [-0.4, -0.2) is 37.7 Å². The molecule has 0 N–H and O–H groups in total. The number of rotatable bonds is 7. The summed E-state index contributed by atoms with van der Waals surface area (Å²) in [5, 5.41) is 8.71. The van der Waals surface area contributed by atoms with E-state index in [-0.39, 0.29) is 0 Å². The van der Waals surface area contributed by atoms with Crippen LogP contribution in [0, 0.1) is 11.3 Å². The normalized spacial score (nSPS) is 17.0. The molecule has 21 heavy (non-hydrogen) atoms. The molecule has 0 saturated carbocycles. The van der Waals surface area contributed by atoms with Crippen molar-refractivity contribution in [1.29, 1.82) is 5.26 Å². The van der Waals surface area contributed by atoms with E-state index in [0.717, 1.165) is 49.4 Å². The lowest BCUT2D eigenvalue weighted by atomic mass is 10.00. The van der Waals surface area contributed by atoms with Crippen LogP contribution in [0.4, 0.5) is 0 Å². The number of hydrogen-bond acceptors (Lipinski definition) is 4. The molecule has 0 amide bonds. The number of unbranched alkanes of at least 4 members (excludes halogenated alkanes) is 1. The quantitative estimate of drug-likeness (QED) is 0.724. The SMILES string of the molecule is CCCN(CCCC#N)C1COc2cccc(OC)c2C1. The van der Waals surface area contributed by atoms with Crippen LogP contribution < -0.4 is 9.47 Å². The molecule has 0 aromatic heterocycles. The fraction of sp³-hybridized carbons (Fsp3) is 0.588. The van der Waals surface area contributed by atoms with Crippen LogP contribution in [0.3, 0.4) is 0 Å². The van der Waals surface area contributed by atoms with E-state index in [0.29, 0.717) is 19.1 Å². The van der Waals surface area contributed by atoms with E-state index in [4.69, 9.17) is 14.7 Å². The molecule has 1 aliphatic heterocycles. The van der Waals surface area contributed by atoms with Gasteiger partial charge in [0.25, 0.3) is 0 Å². The number of methoxy groups -OCH3 is 1. The molecule has 1 aromatic rings. The molecule has 4 nitrogen and oxygen atoms in total. The first-order valence-electron chi connectivity index (χ1n) is 7.69. The highest BCUT2D eigenvalue weighted by atomic mass is 16.5. The summed E-state index contributed by atoms with van der Waals surface area (Å²) in [6, 6.07) is 8.56. The van der Waals surface area contributed by atoms with Gasteiger partial charge in [-0.25, -0.2) is 0 Å². The van der Waals surface area contributed by atoms with Gasteiger partial charge in [-0.2, -0.15) is 5.26 Å². The Morgan fingerprint density at radius 1 is 1.43 bits per heavy atom. The third-order valence-electron chi connectivity index (χ3n) is 3.94. The van der Waals surface area contributed by atoms with E-state index in [1.54, 1.807) is 7.11 Å². The Bertz CT molecular complexity index is 482. The van der Waals surface area contributed by atoms with Crippen LogP contribution in [0.15, 0.2) is 18.2 Å². The minimum absolute atomic E-state index is 0.368. The fourth-order valence-electron chi connectivity index (χ4n) is 2.91. The van der Waals surface area contributed by atoms with Crippen LogP contribution in [0.2, 0.25) is 0 Å². The summed E-state index contributed by atoms with van der Waals surface area (Å²) in [5.41, 5.74) is 1.16. The number of benzene rings is 1. The molecule has 0 saturated heterocycles. The molecule has 1 heterocycles. The van der Waals surface area contributed by atoms with E-state index >= 15 is 0 Å². The van der Waals surface area contributed by atoms with Gasteiger partial charge in [0.15, 0.2) is 0 Å². The molecular formula is C17H24N2O2. The van der Waals surface area contributed by atoms with E-state index in [2.05, 4.69) is 17.9 Å². The van der Waals surface area contributed by atoms with Gasteiger partial charge in [0.1, 0.15) is 18.1 Å². The minimum Gasteiger partial charge on any atom is -0.496 e. The Hall–Kier alpha value is -1.73. The van der Waals surface area contributed by atoms with Crippen molar-refractivity contribution in [3.05, 3.63) is 23.8 Å². The van der Waals surface area contributed by atoms with Crippen LogP contribution in [0.25, 0.3) is 0 Å². The van der Waals surface area contributed by atoms with Crippen LogP contribution in [0.1, 0.15) is 31.7 Å². The van der Waals surface area contributed by atoms with Gasteiger partial charge in [0.2, 0.25) is 0 Å². The summed E-state index contributed by atoms with van der Waals surface area (Å²) in [6.07, 6.45) is 3.60. The Balaban J connectivity index is 2.08. The molecular weight excluding hydrogens is 264 g/mol. The average Bonchev–Trinajstić information content (AvgIpc) is 2.53. The lowest BCUT2D eigenvalue weighted by Gasteiger charge is -2.35. The van der Waals surface area contributed by atoms with Crippen LogP contribution in [-0.2, 0) is 6.42 Å². The maximum absolute atomic E-state index is 8.71. The molecule has 0 radical (unpaired) electrons. The number of nitriles is 1. The average molecular weight is 288 g/mol. The lowest BCUT2D eigenvalue weighted by molar-refractivity contribution is 0.117. The van der Waals surface area contributed by atoms with Crippen LogP contribution in [0.5, 0.6) is 11.5 Å². The van der Waals surface area contributed by atoms with Crippen molar-refractivity contribution in [3.63, 3.8) is 0 Å². The van der Waals surface area contributed by atoms with Crippen LogP contribution >= 0.6 is 0 Å². The van der Waals surface area contributed by atoms with Crippen molar-refractivity contribution in [2.45, 2.75) is 38.6 Å². The monoisotopic (exact) mass is 288 g/mol. The highest BCUT2D eigenvalue weighted by molar-refractivity contribution is 5.46. The third kappa shape index (κ3) is 3.89. The molecule has 4 heteroatoms. The second kappa shape index (κ2) is 7.90. The number of fused-ring (bicyclic) bond motifs is 1. The topological polar surface area (TPSA) is 45.5 Å². The van der Waals surface area contributed by atoms with E-state index in [9.17, 15) is 0 Å². The molecule has 2 rings (SSSR count). The van der Waals surface area contributed by atoms with Crippen molar-refractivity contribution in [2.24, 2.45) is 0 Å². The highest BCUT2D eigenvalue weighted by Crippen LogP contribution is 2.33. The number of nitrogens with zero attached hydrogens (tertiary/aromatic N) is 2. The Labute approximate surface area is 127 Å². The molecule has 0 fully saturated rings. The van der Waals surface area contributed by atoms with Gasteiger partial charge >= 0.3 is 0 Å². The zero-order valence-corrected chi connectivity index (χ0v) is 13.0. The predicted molar refractivity (Wildman–Crippen MR) is 82.7 cm³/mol. The first-order valence-corrected chi connectivity index (χ1v) is 7.69. The largest absolute Gasteiger partial charge is 0.496 e. The standard InChI is InChI=1S/C17H24N2O2/c1-3-10-19(11-5-4-9-18)14-12-15-16(20-2)7-6-8-17(15)21-13-14/h6-8,14H,3-5,10-13H2,1-2H3. The molecule has 0 aliphatic carbocycles. The molecule has 1 aliphatic rings. The van der Waals surface area contributed by atoms with Crippen molar-refractivity contribution >= 4 is 0 Å². The molecule has 1 atom stereocenters. The van der Waals surface area contributed by atoms with Gasteiger partial charge in [-0.1, -0.05) is 13.0 Å². The Kier molecular flexibility index (Phi) is 5.89. The third-order valence-corrected chi connectivity index (χ3v) is 3.94. The summed E-state index contributed by atoms with van der Waals surface area (Å²) >= 11 is 0. The number of hydrogen-bond donors (Lipinski definition) is 0. The fourth-order valence-corrected chi connectivity index (χ4v) is 2.91. The van der Waals surface area contributed by atoms with Crippen molar-refractivity contribution < 1.29 is 9.47 Å². The summed E-state index contributed by atoms with van der Waals surface area (Å²) in [5.74, 6) is 1.85. The Morgan fingerprint density at radius 2 is 2.29 bits per heavy atom. The zero-order chi connectivity index (χ0) is 15.1. The zero-order valence-electron chi connectivity index (χ0n) is 13.0. The van der Waals surface area contributed by atoms with E-state index in [1.165, 1.54) is 0 Å². The van der Waals surface area contributed by atoms with Gasteiger partial charge in [0.05, 0.1) is 13.2 Å². The smallest absolute Gasteiger partial charge is 0.126 e. The van der Waals surface area contributed by atoms with Gasteiger partial charge in [-0.3, -0.25) is 4.90 Å². The van der Waals surface area contributed by atoms with Crippen molar-refractivity contribution in [3.8, 4) is 17.6 Å². The second-order valence-electron chi connectivity index (χ2n) is 5.40. The summed E-state index contributed by atoms with van der Waals surface area (Å²) in [4.78, 5) is 2.45. The lowest BCUT2D eigenvalue weighted by Crippen LogP contribution is -2.44. The maximum Gasteiger partial charge on any atom is 0.126 e. The predicted octanol–water partition coefficient (Wildman–Crippen LogP) is 3.01. The van der Waals surface area contributed by atoms with E-state index < -0.39 is 0 Å². The first-order chi connectivity index (χ1) is 10.3. The molecule has 1 aromatic carbocycles. The summed E-state index contributed by atoms with van der Waals surface area (Å²) in [6.45, 7) is 4.91. The molecule has 114 valence electrons. The first kappa shape index (κ1) is 15.7. The summed E-state index contributed by atoms with van der Waals surface area (Å²) < 4.78 is 11.4. The minimum atomic E-state index is 0.368. The molecule has 1 unspecified atom stereocenters. The maximum atomic E-state index is 8.71. The van der Waals surface area contributed by atoms with Gasteiger partial charge in [-0.05, 0) is 44.5 Å². The Morgan fingerprint density at radius 3 is 3.00 bits per heavy atom. The van der Waals surface area contributed by atoms with Gasteiger partial charge < -0.3 is 9.47 Å².